The Bertz CT molecular complexity index is 502. The third-order valence-corrected chi connectivity index (χ3v) is 6.37. The maximum atomic E-state index is 12.4. The number of rotatable bonds is 15. The van der Waals surface area contributed by atoms with Gasteiger partial charge >= 0.3 is 5.97 Å². The van der Waals surface area contributed by atoms with E-state index >= 15 is 0 Å². The first-order chi connectivity index (χ1) is 13.4. The number of methoxy groups -OCH3 is 1. The molecule has 162 valence electrons. The summed E-state index contributed by atoms with van der Waals surface area (Å²) in [6.07, 6.45) is 19.1. The monoisotopic (exact) mass is 392 g/mol. The first-order valence-corrected chi connectivity index (χ1v) is 11.7. The molecule has 1 rings (SSSR count). The third kappa shape index (κ3) is 9.89. The maximum Gasteiger partial charge on any atom is 0.305 e. The molecule has 0 heterocycles. The van der Waals surface area contributed by atoms with E-state index in [4.69, 9.17) is 0 Å². The van der Waals surface area contributed by atoms with Gasteiger partial charge in [-0.15, -0.1) is 0 Å². The maximum absolute atomic E-state index is 12.4. The molecular weight excluding hydrogens is 348 g/mol. The van der Waals surface area contributed by atoms with E-state index in [-0.39, 0.29) is 11.4 Å². The van der Waals surface area contributed by atoms with Crippen LogP contribution >= 0.6 is 0 Å². The van der Waals surface area contributed by atoms with Crippen molar-refractivity contribution in [1.29, 1.82) is 0 Å². The molecule has 0 N–H and O–H groups in total. The quantitative estimate of drug-likeness (QED) is 0.216. The van der Waals surface area contributed by atoms with Crippen molar-refractivity contribution < 1.29 is 14.3 Å². The van der Waals surface area contributed by atoms with E-state index < -0.39 is 0 Å². The minimum atomic E-state index is -0.142. The largest absolute Gasteiger partial charge is 0.469 e. The molecule has 0 spiro atoms. The number of esters is 1. The van der Waals surface area contributed by atoms with Gasteiger partial charge in [0.15, 0.2) is 5.78 Å². The summed E-state index contributed by atoms with van der Waals surface area (Å²) in [5.41, 5.74) is 2.34. The fraction of sp³-hybridized carbons (Fsp3) is 0.840. The van der Waals surface area contributed by atoms with E-state index in [0.29, 0.717) is 12.2 Å². The molecule has 3 heteroatoms. The zero-order chi connectivity index (χ0) is 20.8. The summed E-state index contributed by atoms with van der Waals surface area (Å²) >= 11 is 0. The fourth-order valence-electron chi connectivity index (χ4n) is 4.22. The van der Waals surface area contributed by atoms with Gasteiger partial charge in [-0.2, -0.15) is 0 Å². The van der Waals surface area contributed by atoms with Gasteiger partial charge in [-0.1, -0.05) is 83.6 Å². The van der Waals surface area contributed by atoms with Crippen molar-refractivity contribution in [3.8, 4) is 0 Å². The number of unbranched alkanes of at least 4 members (excludes halogenated alkanes) is 11. The molecule has 0 aromatic rings. The Kier molecular flexibility index (Phi) is 12.4. The molecule has 0 aromatic heterocycles. The lowest BCUT2D eigenvalue weighted by Gasteiger charge is -2.30. The Labute approximate surface area is 173 Å². The summed E-state index contributed by atoms with van der Waals surface area (Å²) in [5, 5.41) is 0. The second-order valence-corrected chi connectivity index (χ2v) is 9.26. The van der Waals surface area contributed by atoms with Crippen LogP contribution in [0.15, 0.2) is 11.1 Å². The van der Waals surface area contributed by atoms with Crippen molar-refractivity contribution in [1.82, 2.24) is 0 Å². The lowest BCUT2D eigenvalue weighted by atomic mass is 9.73. The molecule has 0 unspecified atom stereocenters. The third-order valence-electron chi connectivity index (χ3n) is 6.37. The molecule has 0 bridgehead atoms. The highest BCUT2D eigenvalue weighted by Gasteiger charge is 2.33. The summed E-state index contributed by atoms with van der Waals surface area (Å²) < 4.78 is 4.65. The zero-order valence-electron chi connectivity index (χ0n) is 19.0. The molecule has 0 saturated carbocycles. The van der Waals surface area contributed by atoms with E-state index in [1.807, 2.05) is 6.92 Å². The Hall–Kier alpha value is -1.12. The standard InChI is InChI=1S/C25H44O3/c1-21-22(19-20-25(2,3)24(21)27)17-15-13-11-9-7-5-6-8-10-12-14-16-18-23(26)28-4/h5-20H2,1-4H3. The van der Waals surface area contributed by atoms with E-state index in [1.54, 1.807) is 0 Å². The van der Waals surface area contributed by atoms with E-state index in [0.717, 1.165) is 37.7 Å². The molecule has 0 radical (unpaired) electrons. The lowest BCUT2D eigenvalue weighted by molar-refractivity contribution is -0.140. The molecule has 0 saturated heterocycles. The molecule has 1 aliphatic carbocycles. The number of carbonyl (C=O) groups excluding carboxylic acids is 2. The minimum Gasteiger partial charge on any atom is -0.469 e. The molecule has 0 amide bonds. The SMILES string of the molecule is COC(=O)CCCCCCCCCCCCCCC1=C(C)C(=O)C(C)(C)CC1. The van der Waals surface area contributed by atoms with Crippen LogP contribution in [0.1, 0.15) is 124 Å². The molecule has 1 aliphatic rings. The molecule has 0 atom stereocenters. The van der Waals surface area contributed by atoms with Crippen molar-refractivity contribution in [2.75, 3.05) is 7.11 Å². The Morgan fingerprint density at radius 2 is 1.32 bits per heavy atom. The van der Waals surface area contributed by atoms with Gasteiger partial charge in [-0.3, -0.25) is 9.59 Å². The number of ketones is 1. The van der Waals surface area contributed by atoms with Crippen LogP contribution in [-0.2, 0) is 14.3 Å². The van der Waals surface area contributed by atoms with Crippen LogP contribution in [0.2, 0.25) is 0 Å². The Balaban J connectivity index is 1.90. The van der Waals surface area contributed by atoms with Crippen molar-refractivity contribution in [3.05, 3.63) is 11.1 Å². The highest BCUT2D eigenvalue weighted by atomic mass is 16.5. The van der Waals surface area contributed by atoms with Crippen LogP contribution < -0.4 is 0 Å². The Morgan fingerprint density at radius 1 is 0.857 bits per heavy atom. The molecular formula is C25H44O3. The molecule has 3 nitrogen and oxygen atoms in total. The first kappa shape index (κ1) is 24.9. The van der Waals surface area contributed by atoms with E-state index in [9.17, 15) is 9.59 Å². The Morgan fingerprint density at radius 3 is 1.82 bits per heavy atom. The number of hydrogen-bond acceptors (Lipinski definition) is 3. The van der Waals surface area contributed by atoms with Gasteiger partial charge in [0, 0.05) is 11.8 Å². The van der Waals surface area contributed by atoms with Gasteiger partial charge in [0.2, 0.25) is 0 Å². The van der Waals surface area contributed by atoms with Crippen molar-refractivity contribution in [2.24, 2.45) is 5.41 Å². The number of allylic oxidation sites excluding steroid dienone is 2. The van der Waals surface area contributed by atoms with Crippen LogP contribution in [0.5, 0.6) is 0 Å². The molecule has 0 aromatic carbocycles. The number of carbonyl (C=O) groups is 2. The van der Waals surface area contributed by atoms with Gasteiger partial charge < -0.3 is 4.74 Å². The number of Topliss-reactive ketones (excluding diaryl/α,β-unsaturated/α-hetero) is 1. The van der Waals surface area contributed by atoms with Crippen LogP contribution in [-0.4, -0.2) is 18.9 Å². The minimum absolute atomic E-state index is 0.0805. The lowest BCUT2D eigenvalue weighted by Crippen LogP contribution is -2.29. The average molecular weight is 393 g/mol. The van der Waals surface area contributed by atoms with Gasteiger partial charge in [0.05, 0.1) is 7.11 Å². The van der Waals surface area contributed by atoms with Crippen molar-refractivity contribution in [3.63, 3.8) is 0 Å². The molecule has 28 heavy (non-hydrogen) atoms. The average Bonchev–Trinajstić information content (AvgIpc) is 2.67. The fourth-order valence-corrected chi connectivity index (χ4v) is 4.22. The van der Waals surface area contributed by atoms with Crippen LogP contribution in [0.3, 0.4) is 0 Å². The highest BCUT2D eigenvalue weighted by molar-refractivity contribution is 6.00. The van der Waals surface area contributed by atoms with Gasteiger partial charge in [0.1, 0.15) is 0 Å². The molecule has 0 aliphatic heterocycles. The smallest absolute Gasteiger partial charge is 0.305 e. The normalized spacial score (nSPS) is 16.5. The highest BCUT2D eigenvalue weighted by Crippen LogP contribution is 2.37. The van der Waals surface area contributed by atoms with Crippen LogP contribution in [0, 0.1) is 5.41 Å². The summed E-state index contributed by atoms with van der Waals surface area (Å²) in [7, 11) is 1.46. The predicted octanol–water partition coefficient (Wildman–Crippen LogP) is 7.33. The summed E-state index contributed by atoms with van der Waals surface area (Å²) in [6.45, 7) is 6.21. The van der Waals surface area contributed by atoms with Crippen LogP contribution in [0.4, 0.5) is 0 Å². The van der Waals surface area contributed by atoms with Crippen molar-refractivity contribution in [2.45, 2.75) is 124 Å². The topological polar surface area (TPSA) is 43.4 Å². The number of ether oxygens (including phenoxy) is 1. The second-order valence-electron chi connectivity index (χ2n) is 9.26. The van der Waals surface area contributed by atoms with Gasteiger partial charge in [-0.05, 0) is 44.6 Å². The first-order valence-electron chi connectivity index (χ1n) is 11.7. The van der Waals surface area contributed by atoms with E-state index in [2.05, 4.69) is 18.6 Å². The summed E-state index contributed by atoms with van der Waals surface area (Å²) in [6, 6.07) is 0. The van der Waals surface area contributed by atoms with E-state index in [1.165, 1.54) is 76.9 Å². The summed E-state index contributed by atoms with van der Waals surface area (Å²) in [5.74, 6) is 0.292. The zero-order valence-corrected chi connectivity index (χ0v) is 19.0. The van der Waals surface area contributed by atoms with Gasteiger partial charge in [-0.25, -0.2) is 0 Å². The predicted molar refractivity (Wildman–Crippen MR) is 117 cm³/mol. The van der Waals surface area contributed by atoms with Gasteiger partial charge in [0.25, 0.3) is 0 Å². The van der Waals surface area contributed by atoms with Crippen LogP contribution in [0.25, 0.3) is 0 Å². The van der Waals surface area contributed by atoms with Crippen molar-refractivity contribution >= 4 is 11.8 Å². The molecule has 0 fully saturated rings. The summed E-state index contributed by atoms with van der Waals surface area (Å²) in [4.78, 5) is 23.4. The second kappa shape index (κ2) is 14.0. The number of hydrogen-bond donors (Lipinski definition) is 0.